The number of Topliss-reactive ketones (excluding diaryl/α,β-unsaturated/α-hetero) is 1. The highest BCUT2D eigenvalue weighted by atomic mass is 16.5. The van der Waals surface area contributed by atoms with Gasteiger partial charge in [-0.25, -0.2) is 0 Å². The Kier molecular flexibility index (Phi) is 4.59. The number of hydrogen-bond donors (Lipinski definition) is 0. The van der Waals surface area contributed by atoms with Gasteiger partial charge in [0.1, 0.15) is 6.10 Å². The van der Waals surface area contributed by atoms with Crippen LogP contribution in [0.3, 0.4) is 0 Å². The lowest BCUT2D eigenvalue weighted by molar-refractivity contribution is -0.131. The Hall–Kier alpha value is -0.370. The van der Waals surface area contributed by atoms with Crippen LogP contribution in [0, 0.1) is 11.8 Å². The molecule has 14 heavy (non-hydrogen) atoms. The van der Waals surface area contributed by atoms with Crippen LogP contribution in [0.2, 0.25) is 0 Å². The van der Waals surface area contributed by atoms with Crippen molar-refractivity contribution in [2.24, 2.45) is 11.8 Å². The third-order valence-electron chi connectivity index (χ3n) is 2.58. The first-order valence-corrected chi connectivity index (χ1v) is 5.77. The fourth-order valence-corrected chi connectivity index (χ4v) is 1.68. The van der Waals surface area contributed by atoms with Crippen LogP contribution in [0.25, 0.3) is 0 Å². The largest absolute Gasteiger partial charge is 0.371 e. The minimum Gasteiger partial charge on any atom is -0.371 e. The predicted molar refractivity (Wildman–Crippen MR) is 57.2 cm³/mol. The summed E-state index contributed by atoms with van der Waals surface area (Å²) >= 11 is 0. The Morgan fingerprint density at radius 3 is 2.50 bits per heavy atom. The molecule has 2 heteroatoms. The van der Waals surface area contributed by atoms with E-state index >= 15 is 0 Å². The van der Waals surface area contributed by atoms with Crippen molar-refractivity contribution in [3.63, 3.8) is 0 Å². The van der Waals surface area contributed by atoms with E-state index in [0.29, 0.717) is 24.7 Å². The fourth-order valence-electron chi connectivity index (χ4n) is 1.68. The fraction of sp³-hybridized carbons (Fsp3) is 0.917. The van der Waals surface area contributed by atoms with E-state index in [9.17, 15) is 4.79 Å². The summed E-state index contributed by atoms with van der Waals surface area (Å²) in [6, 6.07) is 0. The summed E-state index contributed by atoms with van der Waals surface area (Å²) in [5, 5.41) is 0. The van der Waals surface area contributed by atoms with Gasteiger partial charge in [-0.2, -0.15) is 0 Å². The molecule has 0 spiro atoms. The van der Waals surface area contributed by atoms with Crippen LogP contribution < -0.4 is 0 Å². The van der Waals surface area contributed by atoms with Crippen molar-refractivity contribution in [3.05, 3.63) is 0 Å². The second kappa shape index (κ2) is 5.50. The molecule has 0 radical (unpaired) electrons. The molecule has 1 aliphatic carbocycles. The zero-order chi connectivity index (χ0) is 10.6. The van der Waals surface area contributed by atoms with E-state index in [1.54, 1.807) is 0 Å². The van der Waals surface area contributed by atoms with Crippen LogP contribution in [-0.4, -0.2) is 18.5 Å². The molecule has 0 aromatic heterocycles. The van der Waals surface area contributed by atoms with Gasteiger partial charge in [-0.05, 0) is 25.2 Å². The molecule has 1 saturated carbocycles. The second-order valence-electron chi connectivity index (χ2n) is 4.69. The minimum absolute atomic E-state index is 0.116. The first-order chi connectivity index (χ1) is 6.63. The minimum atomic E-state index is -0.116. The molecule has 0 amide bonds. The SMILES string of the molecule is CCOC(CC1CC1)C(=O)CC(C)C. The first kappa shape index (κ1) is 11.7. The lowest BCUT2D eigenvalue weighted by atomic mass is 10.00. The van der Waals surface area contributed by atoms with Crippen molar-refractivity contribution in [1.29, 1.82) is 0 Å². The lowest BCUT2D eigenvalue weighted by Crippen LogP contribution is -2.26. The molecule has 0 aromatic rings. The van der Waals surface area contributed by atoms with Crippen LogP contribution in [0.15, 0.2) is 0 Å². The van der Waals surface area contributed by atoms with Gasteiger partial charge < -0.3 is 4.74 Å². The highest BCUT2D eigenvalue weighted by Gasteiger charge is 2.29. The monoisotopic (exact) mass is 198 g/mol. The predicted octanol–water partition coefficient (Wildman–Crippen LogP) is 2.81. The molecule has 0 bridgehead atoms. The van der Waals surface area contributed by atoms with E-state index in [-0.39, 0.29) is 6.10 Å². The average Bonchev–Trinajstić information content (AvgIpc) is 2.86. The van der Waals surface area contributed by atoms with E-state index < -0.39 is 0 Å². The number of hydrogen-bond acceptors (Lipinski definition) is 2. The molecule has 1 atom stereocenters. The topological polar surface area (TPSA) is 26.3 Å². The van der Waals surface area contributed by atoms with E-state index in [4.69, 9.17) is 4.74 Å². The van der Waals surface area contributed by atoms with Crippen molar-refractivity contribution >= 4 is 5.78 Å². The summed E-state index contributed by atoms with van der Waals surface area (Å²) in [4.78, 5) is 11.8. The van der Waals surface area contributed by atoms with Gasteiger partial charge in [0, 0.05) is 13.0 Å². The smallest absolute Gasteiger partial charge is 0.161 e. The Morgan fingerprint density at radius 1 is 1.43 bits per heavy atom. The van der Waals surface area contributed by atoms with Crippen LogP contribution in [-0.2, 0) is 9.53 Å². The van der Waals surface area contributed by atoms with Crippen molar-refractivity contribution in [3.8, 4) is 0 Å². The summed E-state index contributed by atoms with van der Waals surface area (Å²) in [5.41, 5.74) is 0. The van der Waals surface area contributed by atoms with Crippen molar-refractivity contribution in [2.75, 3.05) is 6.61 Å². The Balaban J connectivity index is 2.34. The normalized spacial score (nSPS) is 18.6. The molecule has 0 aromatic carbocycles. The number of ketones is 1. The van der Waals surface area contributed by atoms with Gasteiger partial charge in [0.2, 0.25) is 0 Å². The summed E-state index contributed by atoms with van der Waals surface area (Å²) in [7, 11) is 0. The molecule has 0 saturated heterocycles. The highest BCUT2D eigenvalue weighted by molar-refractivity contribution is 5.83. The first-order valence-electron chi connectivity index (χ1n) is 5.77. The maximum absolute atomic E-state index is 11.8. The third kappa shape index (κ3) is 4.23. The van der Waals surface area contributed by atoms with E-state index in [0.717, 1.165) is 12.3 Å². The molecular weight excluding hydrogens is 176 g/mol. The number of carbonyl (C=O) groups is 1. The summed E-state index contributed by atoms with van der Waals surface area (Å²) in [5.74, 6) is 1.51. The highest BCUT2D eigenvalue weighted by Crippen LogP contribution is 2.34. The molecule has 2 nitrogen and oxygen atoms in total. The quantitative estimate of drug-likeness (QED) is 0.628. The van der Waals surface area contributed by atoms with Gasteiger partial charge in [-0.15, -0.1) is 0 Å². The zero-order valence-corrected chi connectivity index (χ0v) is 9.58. The van der Waals surface area contributed by atoms with Crippen LogP contribution in [0.1, 0.15) is 46.5 Å². The number of carbonyl (C=O) groups excluding carboxylic acids is 1. The Morgan fingerprint density at radius 2 is 2.07 bits per heavy atom. The van der Waals surface area contributed by atoms with E-state index in [2.05, 4.69) is 13.8 Å². The number of rotatable bonds is 7. The summed E-state index contributed by atoms with van der Waals surface area (Å²) < 4.78 is 5.51. The Bertz CT molecular complexity index is 183. The third-order valence-corrected chi connectivity index (χ3v) is 2.58. The van der Waals surface area contributed by atoms with Gasteiger partial charge in [-0.1, -0.05) is 26.7 Å². The van der Waals surface area contributed by atoms with Crippen LogP contribution in [0.5, 0.6) is 0 Å². The Labute approximate surface area is 87.0 Å². The van der Waals surface area contributed by atoms with Gasteiger partial charge in [0.05, 0.1) is 0 Å². The standard InChI is InChI=1S/C12H22O2/c1-4-14-12(8-10-5-6-10)11(13)7-9(2)3/h9-10,12H,4-8H2,1-3H3. The number of ether oxygens (including phenoxy) is 1. The molecule has 1 aliphatic rings. The van der Waals surface area contributed by atoms with Crippen molar-refractivity contribution in [1.82, 2.24) is 0 Å². The molecule has 1 fully saturated rings. The second-order valence-corrected chi connectivity index (χ2v) is 4.69. The molecule has 1 rings (SSSR count). The summed E-state index contributed by atoms with van der Waals surface area (Å²) in [6.45, 7) is 6.78. The maximum atomic E-state index is 11.8. The molecule has 0 heterocycles. The molecular formula is C12H22O2. The van der Waals surface area contributed by atoms with E-state index in [1.165, 1.54) is 12.8 Å². The van der Waals surface area contributed by atoms with Crippen molar-refractivity contribution in [2.45, 2.75) is 52.6 Å². The zero-order valence-electron chi connectivity index (χ0n) is 9.58. The van der Waals surface area contributed by atoms with Gasteiger partial charge in [0.15, 0.2) is 5.78 Å². The van der Waals surface area contributed by atoms with Gasteiger partial charge in [0.25, 0.3) is 0 Å². The van der Waals surface area contributed by atoms with Crippen molar-refractivity contribution < 1.29 is 9.53 Å². The van der Waals surface area contributed by atoms with Gasteiger partial charge >= 0.3 is 0 Å². The average molecular weight is 198 g/mol. The molecule has 1 unspecified atom stereocenters. The van der Waals surface area contributed by atoms with E-state index in [1.807, 2.05) is 6.92 Å². The lowest BCUT2D eigenvalue weighted by Gasteiger charge is -2.16. The van der Waals surface area contributed by atoms with Crippen LogP contribution >= 0.6 is 0 Å². The molecule has 0 aliphatic heterocycles. The summed E-state index contributed by atoms with van der Waals surface area (Å²) in [6.07, 6.45) is 4.09. The molecule has 0 N–H and O–H groups in total. The maximum Gasteiger partial charge on any atom is 0.161 e. The molecule has 82 valence electrons. The van der Waals surface area contributed by atoms with Gasteiger partial charge in [-0.3, -0.25) is 4.79 Å². The van der Waals surface area contributed by atoms with Crippen LogP contribution in [0.4, 0.5) is 0 Å².